The van der Waals surface area contributed by atoms with Crippen LogP contribution in [0.5, 0.6) is 0 Å². The maximum atomic E-state index is 12.8. The van der Waals surface area contributed by atoms with E-state index in [1.54, 1.807) is 6.07 Å². The Morgan fingerprint density at radius 3 is 2.58 bits per heavy atom. The second kappa shape index (κ2) is 10.8. The Kier molecular flexibility index (Phi) is 8.07. The molecule has 31 heavy (non-hydrogen) atoms. The van der Waals surface area contributed by atoms with Gasteiger partial charge in [-0.25, -0.2) is 0 Å². The van der Waals surface area contributed by atoms with Gasteiger partial charge < -0.3 is 20.1 Å². The summed E-state index contributed by atoms with van der Waals surface area (Å²) in [4.78, 5) is 19.9. The fourth-order valence-electron chi connectivity index (χ4n) is 3.42. The average Bonchev–Trinajstić information content (AvgIpc) is 2.73. The van der Waals surface area contributed by atoms with E-state index in [4.69, 9.17) is 23.8 Å². The van der Waals surface area contributed by atoms with Crippen molar-refractivity contribution < 1.29 is 0 Å². The normalized spacial score (nSPS) is 11.1. The molecule has 7 heteroatoms. The van der Waals surface area contributed by atoms with Gasteiger partial charge in [-0.05, 0) is 80.9 Å². The van der Waals surface area contributed by atoms with Crippen LogP contribution in [0.3, 0.4) is 0 Å². The van der Waals surface area contributed by atoms with Crippen molar-refractivity contribution in [1.82, 2.24) is 20.1 Å². The second-order valence-corrected chi connectivity index (χ2v) is 8.84. The van der Waals surface area contributed by atoms with Gasteiger partial charge in [0.25, 0.3) is 5.56 Å². The van der Waals surface area contributed by atoms with Gasteiger partial charge in [0.05, 0.1) is 6.54 Å². The third-order valence-electron chi connectivity index (χ3n) is 5.12. The van der Waals surface area contributed by atoms with Crippen molar-refractivity contribution in [3.05, 3.63) is 80.6 Å². The van der Waals surface area contributed by atoms with Gasteiger partial charge in [0.1, 0.15) is 0 Å². The zero-order chi connectivity index (χ0) is 22.4. The van der Waals surface area contributed by atoms with Crippen LogP contribution in [-0.4, -0.2) is 47.1 Å². The third kappa shape index (κ3) is 6.53. The maximum absolute atomic E-state index is 12.8. The van der Waals surface area contributed by atoms with Gasteiger partial charge in [0.2, 0.25) is 0 Å². The SMILES string of the molecule is Cc1cc2cc(CN(Cc3ccccc3)C(=S)NCCCN(C)C)c(=O)[nH]c2cc1Cl. The number of fused-ring (bicyclic) bond motifs is 1. The van der Waals surface area contributed by atoms with Gasteiger partial charge in [-0.3, -0.25) is 4.79 Å². The van der Waals surface area contributed by atoms with E-state index in [2.05, 4.69) is 41.4 Å². The molecule has 0 saturated heterocycles. The number of aromatic nitrogens is 1. The molecule has 3 aromatic rings. The summed E-state index contributed by atoms with van der Waals surface area (Å²) in [7, 11) is 4.11. The summed E-state index contributed by atoms with van der Waals surface area (Å²) < 4.78 is 0. The van der Waals surface area contributed by atoms with Crippen molar-refractivity contribution in [3.63, 3.8) is 0 Å². The molecular formula is C24H29ClN4OS. The Hall–Kier alpha value is -2.41. The van der Waals surface area contributed by atoms with Gasteiger partial charge in [-0.15, -0.1) is 0 Å². The first-order chi connectivity index (χ1) is 14.8. The summed E-state index contributed by atoms with van der Waals surface area (Å²) in [5.74, 6) is 0. The van der Waals surface area contributed by atoms with Gasteiger partial charge in [-0.2, -0.15) is 0 Å². The van der Waals surface area contributed by atoms with Gasteiger partial charge >= 0.3 is 0 Å². The molecule has 2 N–H and O–H groups in total. The number of benzene rings is 2. The Bertz CT molecular complexity index is 1100. The van der Waals surface area contributed by atoms with Crippen molar-refractivity contribution in [2.24, 2.45) is 0 Å². The number of aromatic amines is 1. The number of pyridine rings is 1. The van der Waals surface area contributed by atoms with Gasteiger partial charge in [-0.1, -0.05) is 41.9 Å². The predicted octanol–water partition coefficient (Wildman–Crippen LogP) is 4.32. The summed E-state index contributed by atoms with van der Waals surface area (Å²) in [5, 5.41) is 5.60. The highest BCUT2D eigenvalue weighted by molar-refractivity contribution is 7.80. The van der Waals surface area contributed by atoms with Crippen molar-refractivity contribution in [3.8, 4) is 0 Å². The van der Waals surface area contributed by atoms with Crippen LogP contribution in [0, 0.1) is 6.92 Å². The fourth-order valence-corrected chi connectivity index (χ4v) is 3.81. The van der Waals surface area contributed by atoms with Crippen LogP contribution >= 0.6 is 23.8 Å². The molecule has 1 heterocycles. The van der Waals surface area contributed by atoms with Crippen LogP contribution in [0.25, 0.3) is 10.9 Å². The molecule has 0 unspecified atom stereocenters. The van der Waals surface area contributed by atoms with Gasteiger partial charge in [0.15, 0.2) is 5.11 Å². The Morgan fingerprint density at radius 1 is 1.13 bits per heavy atom. The van der Waals surface area contributed by atoms with E-state index in [1.807, 2.05) is 42.2 Å². The smallest absolute Gasteiger partial charge is 0.253 e. The zero-order valence-electron chi connectivity index (χ0n) is 18.2. The monoisotopic (exact) mass is 456 g/mol. The number of thiocarbonyl (C=S) groups is 1. The Labute approximate surface area is 194 Å². The van der Waals surface area contributed by atoms with E-state index in [0.29, 0.717) is 28.8 Å². The minimum atomic E-state index is -0.124. The first-order valence-corrected chi connectivity index (χ1v) is 11.2. The molecule has 0 fully saturated rings. The first-order valence-electron chi connectivity index (χ1n) is 10.4. The molecular weight excluding hydrogens is 428 g/mol. The summed E-state index contributed by atoms with van der Waals surface area (Å²) in [6.45, 7) is 4.77. The number of nitrogens with zero attached hydrogens (tertiary/aromatic N) is 2. The summed E-state index contributed by atoms with van der Waals surface area (Å²) in [6, 6.07) is 15.9. The molecule has 0 aliphatic heterocycles. The highest BCUT2D eigenvalue weighted by atomic mass is 35.5. The summed E-state index contributed by atoms with van der Waals surface area (Å²) >= 11 is 11.9. The lowest BCUT2D eigenvalue weighted by atomic mass is 10.1. The largest absolute Gasteiger partial charge is 0.363 e. The summed E-state index contributed by atoms with van der Waals surface area (Å²) in [6.07, 6.45) is 0.989. The lowest BCUT2D eigenvalue weighted by molar-refractivity contribution is 0.383. The first kappa shape index (κ1) is 23.3. The highest BCUT2D eigenvalue weighted by Gasteiger charge is 2.14. The topological polar surface area (TPSA) is 51.4 Å². The lowest BCUT2D eigenvalue weighted by Crippen LogP contribution is -2.40. The number of halogens is 1. The average molecular weight is 457 g/mol. The quantitative estimate of drug-likeness (QED) is 0.390. The number of rotatable bonds is 8. The van der Waals surface area contributed by atoms with Crippen molar-refractivity contribution >= 4 is 39.8 Å². The van der Waals surface area contributed by atoms with Crippen LogP contribution in [0.1, 0.15) is 23.1 Å². The van der Waals surface area contributed by atoms with Crippen molar-refractivity contribution in [2.75, 3.05) is 27.2 Å². The molecule has 5 nitrogen and oxygen atoms in total. The van der Waals surface area contributed by atoms with Crippen molar-refractivity contribution in [1.29, 1.82) is 0 Å². The van der Waals surface area contributed by atoms with E-state index in [9.17, 15) is 4.79 Å². The molecule has 2 aromatic carbocycles. The van der Waals surface area contributed by atoms with Crippen LogP contribution in [0.4, 0.5) is 0 Å². The molecule has 0 spiro atoms. The number of nitrogens with one attached hydrogen (secondary N) is 2. The van der Waals surface area contributed by atoms with Gasteiger partial charge in [0, 0.05) is 29.2 Å². The summed E-state index contributed by atoms with van der Waals surface area (Å²) in [5.41, 5.74) is 3.40. The molecule has 3 rings (SSSR count). The number of hydrogen-bond acceptors (Lipinski definition) is 3. The minimum absolute atomic E-state index is 0.124. The van der Waals surface area contributed by atoms with Crippen LogP contribution in [-0.2, 0) is 13.1 Å². The Morgan fingerprint density at radius 2 is 1.87 bits per heavy atom. The molecule has 1 aromatic heterocycles. The fraction of sp³-hybridized carbons (Fsp3) is 0.333. The van der Waals surface area contributed by atoms with Crippen molar-refractivity contribution in [2.45, 2.75) is 26.4 Å². The number of hydrogen-bond donors (Lipinski definition) is 2. The molecule has 0 saturated carbocycles. The maximum Gasteiger partial charge on any atom is 0.253 e. The van der Waals surface area contributed by atoms with E-state index in [0.717, 1.165) is 41.5 Å². The van der Waals surface area contributed by atoms with Crippen LogP contribution in [0.2, 0.25) is 5.02 Å². The molecule has 0 aliphatic rings. The Balaban J connectivity index is 1.83. The molecule has 0 atom stereocenters. The molecule has 0 amide bonds. The minimum Gasteiger partial charge on any atom is -0.363 e. The highest BCUT2D eigenvalue weighted by Crippen LogP contribution is 2.22. The van der Waals surface area contributed by atoms with E-state index in [-0.39, 0.29) is 5.56 Å². The van der Waals surface area contributed by atoms with Crippen LogP contribution in [0.15, 0.2) is 53.3 Å². The molecule has 0 bridgehead atoms. The predicted molar refractivity (Wildman–Crippen MR) is 134 cm³/mol. The standard InChI is InChI=1S/C24H29ClN4OS/c1-17-12-19-13-20(23(30)27-22(19)14-21(17)25)16-29(15-18-8-5-4-6-9-18)24(31)26-10-7-11-28(2)3/h4-6,8-9,12-14H,7,10-11,15-16H2,1-3H3,(H,26,31)(H,27,30). The number of aryl methyl sites for hydroxylation is 1. The van der Waals surface area contributed by atoms with E-state index in [1.165, 1.54) is 0 Å². The molecule has 164 valence electrons. The lowest BCUT2D eigenvalue weighted by Gasteiger charge is -2.26. The third-order valence-corrected chi connectivity index (χ3v) is 5.93. The molecule has 0 radical (unpaired) electrons. The number of H-pyrrole nitrogens is 1. The van der Waals surface area contributed by atoms with E-state index >= 15 is 0 Å². The van der Waals surface area contributed by atoms with E-state index < -0.39 is 0 Å². The zero-order valence-corrected chi connectivity index (χ0v) is 19.8. The molecule has 0 aliphatic carbocycles. The van der Waals surface area contributed by atoms with Crippen LogP contribution < -0.4 is 10.9 Å². The second-order valence-electron chi connectivity index (χ2n) is 8.04.